The highest BCUT2D eigenvalue weighted by molar-refractivity contribution is 7.18. The molecule has 0 bridgehead atoms. The third-order valence-corrected chi connectivity index (χ3v) is 5.24. The number of hydrogen-bond donors (Lipinski definition) is 2. The van der Waals surface area contributed by atoms with Gasteiger partial charge in [-0.05, 0) is 55.7 Å². The predicted octanol–water partition coefficient (Wildman–Crippen LogP) is 4.97. The van der Waals surface area contributed by atoms with Crippen molar-refractivity contribution in [2.45, 2.75) is 27.2 Å². The predicted molar refractivity (Wildman–Crippen MR) is 111 cm³/mol. The molecule has 27 heavy (non-hydrogen) atoms. The van der Waals surface area contributed by atoms with E-state index in [0.29, 0.717) is 22.2 Å². The zero-order valence-corrected chi connectivity index (χ0v) is 16.5. The average Bonchev–Trinajstić information content (AvgIpc) is 3.04. The van der Waals surface area contributed by atoms with E-state index in [9.17, 15) is 4.79 Å². The molecule has 0 aliphatic carbocycles. The molecule has 0 amide bonds. The molecule has 0 aliphatic rings. The normalized spacial score (nSPS) is 10.6. The number of rotatable bonds is 7. The first kappa shape index (κ1) is 18.9. The number of hydrogen-bond acceptors (Lipinski definition) is 6. The number of carbonyl (C=O) groups excluding carboxylic acids is 1. The molecule has 0 radical (unpaired) electrons. The van der Waals surface area contributed by atoms with Crippen LogP contribution in [-0.4, -0.2) is 17.4 Å². The Labute approximate surface area is 163 Å². The maximum atomic E-state index is 12.8. The summed E-state index contributed by atoms with van der Waals surface area (Å²) in [4.78, 5) is 17.6. The molecular formula is C21H23N3O2S. The molecule has 2 aromatic carbocycles. The van der Waals surface area contributed by atoms with Crippen molar-refractivity contribution in [3.05, 3.63) is 64.0 Å². The third-order valence-electron chi connectivity index (χ3n) is 4.26. The van der Waals surface area contributed by atoms with Crippen LogP contribution in [0.3, 0.4) is 0 Å². The van der Waals surface area contributed by atoms with Crippen LogP contribution < -0.4 is 15.8 Å². The molecule has 1 heterocycles. The van der Waals surface area contributed by atoms with Gasteiger partial charge in [-0.2, -0.15) is 0 Å². The minimum atomic E-state index is -0.137. The Hall–Kier alpha value is -2.86. The van der Waals surface area contributed by atoms with E-state index >= 15 is 0 Å². The monoisotopic (exact) mass is 381 g/mol. The molecule has 3 rings (SSSR count). The van der Waals surface area contributed by atoms with Crippen LogP contribution in [-0.2, 0) is 6.42 Å². The van der Waals surface area contributed by atoms with Gasteiger partial charge in [0.1, 0.15) is 16.4 Å². The topological polar surface area (TPSA) is 77.2 Å². The fraction of sp³-hybridized carbons (Fsp3) is 0.238. The van der Waals surface area contributed by atoms with Crippen molar-refractivity contribution in [3.8, 4) is 5.75 Å². The van der Waals surface area contributed by atoms with Gasteiger partial charge in [0, 0.05) is 11.3 Å². The van der Waals surface area contributed by atoms with Crippen molar-refractivity contribution in [1.82, 2.24) is 4.98 Å². The highest BCUT2D eigenvalue weighted by atomic mass is 32.1. The Morgan fingerprint density at radius 3 is 2.59 bits per heavy atom. The number of nitrogens with zero attached hydrogens (tertiary/aromatic N) is 1. The molecule has 0 unspecified atom stereocenters. The summed E-state index contributed by atoms with van der Waals surface area (Å²) in [5, 5.41) is 3.96. The van der Waals surface area contributed by atoms with Crippen LogP contribution in [0.5, 0.6) is 5.75 Å². The van der Waals surface area contributed by atoms with Crippen LogP contribution >= 0.6 is 11.3 Å². The maximum Gasteiger partial charge on any atom is 0.206 e. The van der Waals surface area contributed by atoms with Crippen LogP contribution in [0.25, 0.3) is 0 Å². The molecule has 3 aromatic rings. The summed E-state index contributed by atoms with van der Waals surface area (Å²) in [7, 11) is 0. The fourth-order valence-electron chi connectivity index (χ4n) is 2.86. The summed E-state index contributed by atoms with van der Waals surface area (Å²) in [6.45, 7) is 6.66. The summed E-state index contributed by atoms with van der Waals surface area (Å²) in [5.74, 6) is 0.843. The van der Waals surface area contributed by atoms with Gasteiger partial charge in [0.25, 0.3) is 0 Å². The molecule has 0 saturated heterocycles. The zero-order valence-electron chi connectivity index (χ0n) is 15.7. The van der Waals surface area contributed by atoms with Gasteiger partial charge in [0.05, 0.1) is 6.61 Å². The van der Waals surface area contributed by atoms with Crippen LogP contribution in [0.15, 0.2) is 42.5 Å². The second-order valence-electron chi connectivity index (χ2n) is 6.11. The van der Waals surface area contributed by atoms with E-state index in [1.807, 2.05) is 26.0 Å². The van der Waals surface area contributed by atoms with Crippen molar-refractivity contribution in [2.75, 3.05) is 17.7 Å². The molecule has 0 saturated carbocycles. The molecule has 0 atom stereocenters. The standard InChI is InChI=1S/C21H23N3O2S/c1-4-14-8-6-7-13(3)17(14)23-21-24-20(22)19(27-21)18(25)15-9-11-16(12-10-15)26-5-2/h6-12H,4-5,22H2,1-3H3,(H,23,24). The van der Waals surface area contributed by atoms with E-state index in [1.165, 1.54) is 16.9 Å². The summed E-state index contributed by atoms with van der Waals surface area (Å²) in [5.41, 5.74) is 9.94. The number of aromatic nitrogens is 1. The van der Waals surface area contributed by atoms with Gasteiger partial charge in [-0.3, -0.25) is 4.79 Å². The maximum absolute atomic E-state index is 12.8. The van der Waals surface area contributed by atoms with Gasteiger partial charge in [0.2, 0.25) is 5.78 Å². The number of para-hydroxylation sites is 1. The van der Waals surface area contributed by atoms with Crippen LogP contribution in [0, 0.1) is 6.92 Å². The number of carbonyl (C=O) groups is 1. The van der Waals surface area contributed by atoms with Gasteiger partial charge in [0.15, 0.2) is 5.13 Å². The lowest BCUT2D eigenvalue weighted by molar-refractivity contribution is 0.104. The molecule has 0 fully saturated rings. The van der Waals surface area contributed by atoms with Crippen molar-refractivity contribution in [3.63, 3.8) is 0 Å². The minimum absolute atomic E-state index is 0.137. The lowest BCUT2D eigenvalue weighted by Crippen LogP contribution is -2.02. The Balaban J connectivity index is 1.85. The Morgan fingerprint density at radius 2 is 1.93 bits per heavy atom. The quantitative estimate of drug-likeness (QED) is 0.565. The van der Waals surface area contributed by atoms with Crippen LogP contribution in [0.2, 0.25) is 0 Å². The van der Waals surface area contributed by atoms with Gasteiger partial charge in [-0.1, -0.05) is 36.5 Å². The SMILES string of the molecule is CCOc1ccc(C(=O)c2sc(Nc3c(C)cccc3CC)nc2N)cc1. The second kappa shape index (κ2) is 8.22. The Morgan fingerprint density at radius 1 is 1.19 bits per heavy atom. The Kier molecular flexibility index (Phi) is 5.76. The van der Waals surface area contributed by atoms with Crippen LogP contribution in [0.4, 0.5) is 16.6 Å². The van der Waals surface area contributed by atoms with E-state index in [1.54, 1.807) is 24.3 Å². The second-order valence-corrected chi connectivity index (χ2v) is 7.11. The summed E-state index contributed by atoms with van der Waals surface area (Å²) >= 11 is 1.27. The molecule has 140 valence electrons. The summed E-state index contributed by atoms with van der Waals surface area (Å²) < 4.78 is 5.42. The summed E-state index contributed by atoms with van der Waals surface area (Å²) in [6.07, 6.45) is 0.906. The molecule has 6 heteroatoms. The van der Waals surface area contributed by atoms with Crippen molar-refractivity contribution in [2.24, 2.45) is 0 Å². The van der Waals surface area contributed by atoms with E-state index in [0.717, 1.165) is 23.4 Å². The van der Waals surface area contributed by atoms with Crippen LogP contribution in [0.1, 0.15) is 40.2 Å². The van der Waals surface area contributed by atoms with Crippen molar-refractivity contribution >= 4 is 33.8 Å². The first-order valence-electron chi connectivity index (χ1n) is 8.92. The molecular weight excluding hydrogens is 358 g/mol. The zero-order chi connectivity index (χ0) is 19.4. The molecule has 3 N–H and O–H groups in total. The average molecular weight is 382 g/mol. The highest BCUT2D eigenvalue weighted by Crippen LogP contribution is 2.32. The van der Waals surface area contributed by atoms with Crippen molar-refractivity contribution in [1.29, 1.82) is 0 Å². The molecule has 5 nitrogen and oxygen atoms in total. The molecule has 0 aliphatic heterocycles. The van der Waals surface area contributed by atoms with E-state index < -0.39 is 0 Å². The number of nitrogens with one attached hydrogen (secondary N) is 1. The van der Waals surface area contributed by atoms with E-state index in [-0.39, 0.29) is 11.6 Å². The lowest BCUT2D eigenvalue weighted by Gasteiger charge is -2.11. The number of nitrogens with two attached hydrogens (primary N) is 1. The van der Waals surface area contributed by atoms with Crippen molar-refractivity contribution < 1.29 is 9.53 Å². The third kappa shape index (κ3) is 4.11. The van der Waals surface area contributed by atoms with E-state index in [4.69, 9.17) is 10.5 Å². The number of aryl methyl sites for hydroxylation is 2. The fourth-order valence-corrected chi connectivity index (χ4v) is 3.71. The number of anilines is 3. The van der Waals surface area contributed by atoms with E-state index in [2.05, 4.69) is 23.3 Å². The molecule has 0 spiro atoms. The van der Waals surface area contributed by atoms with Gasteiger partial charge < -0.3 is 15.8 Å². The smallest absolute Gasteiger partial charge is 0.206 e. The number of nitrogen functional groups attached to an aromatic ring is 1. The number of ether oxygens (including phenoxy) is 1. The number of ketones is 1. The number of benzene rings is 2. The van der Waals surface area contributed by atoms with Gasteiger partial charge >= 0.3 is 0 Å². The Bertz CT molecular complexity index is 949. The highest BCUT2D eigenvalue weighted by Gasteiger charge is 2.19. The minimum Gasteiger partial charge on any atom is -0.494 e. The first-order chi connectivity index (χ1) is 13.0. The van der Waals surface area contributed by atoms with Gasteiger partial charge in [-0.25, -0.2) is 4.98 Å². The lowest BCUT2D eigenvalue weighted by atomic mass is 10.1. The first-order valence-corrected chi connectivity index (χ1v) is 9.74. The molecule has 1 aromatic heterocycles. The summed E-state index contributed by atoms with van der Waals surface area (Å²) in [6, 6.07) is 13.2. The largest absolute Gasteiger partial charge is 0.494 e. The van der Waals surface area contributed by atoms with Gasteiger partial charge in [-0.15, -0.1) is 0 Å². The number of thiazole rings is 1.